The van der Waals surface area contributed by atoms with Gasteiger partial charge in [0.05, 0.1) is 11.7 Å². The highest BCUT2D eigenvalue weighted by molar-refractivity contribution is 7.80. The molecule has 19 heavy (non-hydrogen) atoms. The molecular formula is C14H18ClNO2S. The Kier molecular flexibility index (Phi) is 5.02. The van der Waals surface area contributed by atoms with Crippen molar-refractivity contribution in [1.29, 1.82) is 0 Å². The molecule has 0 heterocycles. The molecule has 0 saturated heterocycles. The van der Waals surface area contributed by atoms with E-state index in [0.29, 0.717) is 21.3 Å². The van der Waals surface area contributed by atoms with Crippen LogP contribution in [-0.4, -0.2) is 24.3 Å². The van der Waals surface area contributed by atoms with Gasteiger partial charge in [-0.3, -0.25) is 0 Å². The van der Waals surface area contributed by atoms with Crippen molar-refractivity contribution < 1.29 is 9.47 Å². The van der Waals surface area contributed by atoms with Gasteiger partial charge in [-0.15, -0.1) is 0 Å². The summed E-state index contributed by atoms with van der Waals surface area (Å²) in [6, 6.07) is 5.36. The molecule has 0 aromatic heterocycles. The van der Waals surface area contributed by atoms with Gasteiger partial charge in [0, 0.05) is 18.6 Å². The van der Waals surface area contributed by atoms with Crippen molar-refractivity contribution in [3.63, 3.8) is 0 Å². The van der Waals surface area contributed by atoms with Crippen LogP contribution in [0.15, 0.2) is 18.2 Å². The molecule has 1 fully saturated rings. The Hall–Kier alpha value is -0.840. The van der Waals surface area contributed by atoms with Gasteiger partial charge in [-0.05, 0) is 37.5 Å². The summed E-state index contributed by atoms with van der Waals surface area (Å²) in [5.74, 6) is 0.707. The Labute approximate surface area is 124 Å². The van der Waals surface area contributed by atoms with E-state index in [1.165, 1.54) is 0 Å². The quantitative estimate of drug-likeness (QED) is 0.866. The van der Waals surface area contributed by atoms with Gasteiger partial charge < -0.3 is 15.2 Å². The van der Waals surface area contributed by atoms with Gasteiger partial charge in [-0.2, -0.15) is 0 Å². The van der Waals surface area contributed by atoms with Crippen LogP contribution in [0.1, 0.15) is 31.2 Å². The maximum Gasteiger partial charge on any atom is 0.129 e. The van der Waals surface area contributed by atoms with Crippen LogP contribution in [0.25, 0.3) is 0 Å². The SMILES string of the molecule is COC1CCCC(Oc2ccc(Cl)cc2C(N)=S)C1. The Bertz CT molecular complexity index is 467. The molecule has 2 atom stereocenters. The normalized spacial score (nSPS) is 23.1. The smallest absolute Gasteiger partial charge is 0.129 e. The molecule has 0 bridgehead atoms. The van der Waals surface area contributed by atoms with Crippen LogP contribution in [-0.2, 0) is 4.74 Å². The third-order valence-electron chi connectivity index (χ3n) is 3.41. The van der Waals surface area contributed by atoms with E-state index in [1.807, 2.05) is 6.07 Å². The van der Waals surface area contributed by atoms with E-state index in [2.05, 4.69) is 0 Å². The highest BCUT2D eigenvalue weighted by Gasteiger charge is 2.24. The van der Waals surface area contributed by atoms with Gasteiger partial charge in [0.2, 0.25) is 0 Å². The van der Waals surface area contributed by atoms with Gasteiger partial charge in [0.15, 0.2) is 0 Å². The second kappa shape index (κ2) is 6.55. The number of rotatable bonds is 4. The highest BCUT2D eigenvalue weighted by Crippen LogP contribution is 2.29. The molecule has 2 N–H and O–H groups in total. The van der Waals surface area contributed by atoms with Crippen molar-refractivity contribution in [3.8, 4) is 5.75 Å². The predicted molar refractivity (Wildman–Crippen MR) is 81.0 cm³/mol. The van der Waals surface area contributed by atoms with E-state index in [-0.39, 0.29) is 12.2 Å². The molecule has 2 unspecified atom stereocenters. The lowest BCUT2D eigenvalue weighted by Gasteiger charge is -2.29. The lowest BCUT2D eigenvalue weighted by atomic mass is 9.95. The molecule has 2 rings (SSSR count). The lowest BCUT2D eigenvalue weighted by Crippen LogP contribution is -2.30. The Balaban J connectivity index is 2.12. The molecule has 0 aliphatic heterocycles. The molecule has 0 radical (unpaired) electrons. The Morgan fingerprint density at radius 3 is 2.79 bits per heavy atom. The van der Waals surface area contributed by atoms with E-state index < -0.39 is 0 Å². The minimum Gasteiger partial charge on any atom is -0.490 e. The first kappa shape index (κ1) is 14.6. The first-order valence-electron chi connectivity index (χ1n) is 6.39. The molecule has 1 aliphatic carbocycles. The molecule has 3 nitrogen and oxygen atoms in total. The first-order valence-corrected chi connectivity index (χ1v) is 7.17. The zero-order valence-electron chi connectivity index (χ0n) is 10.9. The number of ether oxygens (including phenoxy) is 2. The fraction of sp³-hybridized carbons (Fsp3) is 0.500. The molecule has 1 aliphatic rings. The fourth-order valence-electron chi connectivity index (χ4n) is 2.40. The third-order valence-corrected chi connectivity index (χ3v) is 3.87. The van der Waals surface area contributed by atoms with Crippen LogP contribution >= 0.6 is 23.8 Å². The van der Waals surface area contributed by atoms with E-state index in [4.69, 9.17) is 39.0 Å². The predicted octanol–water partition coefficient (Wildman–Crippen LogP) is 3.31. The number of hydrogen-bond acceptors (Lipinski definition) is 3. The molecule has 1 aromatic carbocycles. The lowest BCUT2D eigenvalue weighted by molar-refractivity contribution is 0.0209. The number of halogens is 1. The Morgan fingerprint density at radius 2 is 2.11 bits per heavy atom. The van der Waals surface area contributed by atoms with Crippen LogP contribution in [0.3, 0.4) is 0 Å². The van der Waals surface area contributed by atoms with Crippen LogP contribution in [0.5, 0.6) is 5.75 Å². The average molecular weight is 300 g/mol. The van der Waals surface area contributed by atoms with Crippen LogP contribution in [0, 0.1) is 0 Å². The van der Waals surface area contributed by atoms with Crippen molar-refractivity contribution in [2.24, 2.45) is 5.73 Å². The first-order chi connectivity index (χ1) is 9.10. The maximum absolute atomic E-state index is 6.03. The maximum atomic E-state index is 6.03. The summed E-state index contributed by atoms with van der Waals surface area (Å²) in [4.78, 5) is 0.302. The molecule has 1 aromatic rings. The monoisotopic (exact) mass is 299 g/mol. The number of hydrogen-bond donors (Lipinski definition) is 1. The molecule has 1 saturated carbocycles. The molecule has 5 heteroatoms. The van der Waals surface area contributed by atoms with Gasteiger partial charge in [-0.25, -0.2) is 0 Å². The van der Waals surface area contributed by atoms with Crippen molar-refractivity contribution in [2.75, 3.05) is 7.11 Å². The van der Waals surface area contributed by atoms with Crippen LogP contribution in [0.2, 0.25) is 5.02 Å². The summed E-state index contributed by atoms with van der Waals surface area (Å²) in [6.45, 7) is 0. The topological polar surface area (TPSA) is 44.5 Å². The van der Waals surface area contributed by atoms with E-state index >= 15 is 0 Å². The van der Waals surface area contributed by atoms with Crippen molar-refractivity contribution in [2.45, 2.75) is 37.9 Å². The number of benzene rings is 1. The molecule has 0 spiro atoms. The summed E-state index contributed by atoms with van der Waals surface area (Å²) in [6.07, 6.45) is 4.56. The van der Waals surface area contributed by atoms with E-state index in [9.17, 15) is 0 Å². The van der Waals surface area contributed by atoms with Gasteiger partial charge in [-0.1, -0.05) is 23.8 Å². The van der Waals surface area contributed by atoms with Crippen LogP contribution < -0.4 is 10.5 Å². The molecule has 0 amide bonds. The van der Waals surface area contributed by atoms with E-state index in [1.54, 1.807) is 19.2 Å². The third kappa shape index (κ3) is 3.81. The minimum atomic E-state index is 0.146. The van der Waals surface area contributed by atoms with Gasteiger partial charge in [0.1, 0.15) is 16.8 Å². The largest absolute Gasteiger partial charge is 0.490 e. The highest BCUT2D eigenvalue weighted by atomic mass is 35.5. The van der Waals surface area contributed by atoms with E-state index in [0.717, 1.165) is 25.7 Å². The van der Waals surface area contributed by atoms with Crippen molar-refractivity contribution in [3.05, 3.63) is 28.8 Å². The van der Waals surface area contributed by atoms with Crippen molar-refractivity contribution >= 4 is 28.8 Å². The fourth-order valence-corrected chi connectivity index (χ4v) is 2.73. The van der Waals surface area contributed by atoms with Crippen LogP contribution in [0.4, 0.5) is 0 Å². The average Bonchev–Trinajstić information content (AvgIpc) is 2.41. The number of methoxy groups -OCH3 is 1. The molecular weight excluding hydrogens is 282 g/mol. The van der Waals surface area contributed by atoms with Gasteiger partial charge in [0.25, 0.3) is 0 Å². The molecule has 104 valence electrons. The summed E-state index contributed by atoms with van der Waals surface area (Å²) in [7, 11) is 1.75. The standard InChI is InChI=1S/C14H18ClNO2S/c1-17-10-3-2-4-11(8-10)18-13-6-5-9(15)7-12(13)14(16)19/h5-7,10-11H,2-4,8H2,1H3,(H2,16,19). The zero-order chi connectivity index (χ0) is 13.8. The number of nitrogens with two attached hydrogens (primary N) is 1. The summed E-state index contributed by atoms with van der Waals surface area (Å²) >= 11 is 11.0. The van der Waals surface area contributed by atoms with Crippen molar-refractivity contribution in [1.82, 2.24) is 0 Å². The summed E-state index contributed by atoms with van der Waals surface area (Å²) in [5, 5.41) is 0.605. The van der Waals surface area contributed by atoms with Gasteiger partial charge >= 0.3 is 0 Å². The summed E-state index contributed by atoms with van der Waals surface area (Å²) in [5.41, 5.74) is 6.41. The summed E-state index contributed by atoms with van der Waals surface area (Å²) < 4.78 is 11.4. The second-order valence-electron chi connectivity index (χ2n) is 4.77. The zero-order valence-corrected chi connectivity index (χ0v) is 12.5. The Morgan fingerprint density at radius 1 is 1.37 bits per heavy atom. The second-order valence-corrected chi connectivity index (χ2v) is 5.65. The minimum absolute atomic E-state index is 0.146. The number of thiocarbonyl (C=S) groups is 1.